The number of benzene rings is 1. The van der Waals surface area contributed by atoms with Crippen molar-refractivity contribution in [2.24, 2.45) is 47.3 Å². The number of carbonyl (C=O) groups is 2. The highest BCUT2D eigenvalue weighted by atomic mass is 16.9. The first-order valence-electron chi connectivity index (χ1n) is 20.9. The lowest BCUT2D eigenvalue weighted by atomic mass is 9.49. The maximum atomic E-state index is 13.7. The number of esters is 2. The van der Waals surface area contributed by atoms with Crippen molar-refractivity contribution < 1.29 is 63.5 Å². The summed E-state index contributed by atoms with van der Waals surface area (Å²) in [4.78, 5) is 26.7. The molecule has 0 aromatic heterocycles. The fraction of sp³-hybridized carbons (Fsp3) is 0.727. The number of hydrogen-bond acceptors (Lipinski definition) is 13. The van der Waals surface area contributed by atoms with Gasteiger partial charge >= 0.3 is 17.9 Å². The first kappa shape index (κ1) is 39.7. The Morgan fingerprint density at radius 3 is 2.39 bits per heavy atom. The van der Waals surface area contributed by atoms with Crippen molar-refractivity contribution in [3.63, 3.8) is 0 Å². The summed E-state index contributed by atoms with van der Waals surface area (Å²) in [6.45, 7) is 10.6. The molecule has 13 nitrogen and oxygen atoms in total. The van der Waals surface area contributed by atoms with Crippen LogP contribution >= 0.6 is 0 Å². The Labute approximate surface area is 333 Å². The smallest absolute Gasteiger partial charge is 0.331 e. The van der Waals surface area contributed by atoms with Gasteiger partial charge in [-0.15, -0.1) is 0 Å². The molecule has 57 heavy (non-hydrogen) atoms. The van der Waals surface area contributed by atoms with Gasteiger partial charge in [0.1, 0.15) is 53.4 Å². The number of aliphatic hydroxyl groups is 5. The van der Waals surface area contributed by atoms with Crippen LogP contribution in [0.3, 0.4) is 0 Å². The second-order valence-electron chi connectivity index (χ2n) is 19.3. The van der Waals surface area contributed by atoms with Gasteiger partial charge in [-0.3, -0.25) is 4.79 Å². The fourth-order valence-corrected chi connectivity index (χ4v) is 13.0. The van der Waals surface area contributed by atoms with Crippen LogP contribution in [0.1, 0.15) is 79.2 Å². The van der Waals surface area contributed by atoms with Crippen LogP contribution in [0, 0.1) is 47.3 Å². The van der Waals surface area contributed by atoms with Gasteiger partial charge in [0.25, 0.3) is 0 Å². The van der Waals surface area contributed by atoms with Gasteiger partial charge in [-0.25, -0.2) is 4.79 Å². The number of epoxide rings is 1. The van der Waals surface area contributed by atoms with Crippen LogP contribution in [-0.4, -0.2) is 109 Å². The number of allylic oxidation sites excluding steroid dienone is 2. The number of carbonyl (C=O) groups excluding carboxylic acids is 2. The molecule has 5 N–H and O–H groups in total. The minimum Gasteiger partial charge on any atom is -0.458 e. The Hall–Kier alpha value is -2.72. The van der Waals surface area contributed by atoms with Gasteiger partial charge in [0.15, 0.2) is 0 Å². The van der Waals surface area contributed by atoms with Crippen LogP contribution in [0.2, 0.25) is 0 Å². The van der Waals surface area contributed by atoms with E-state index in [2.05, 4.69) is 6.92 Å². The summed E-state index contributed by atoms with van der Waals surface area (Å²) in [5.41, 5.74) is -8.82. The molecule has 19 atom stereocenters. The Morgan fingerprint density at radius 1 is 0.965 bits per heavy atom. The molecule has 4 aliphatic carbocycles. The van der Waals surface area contributed by atoms with Gasteiger partial charge in [-0.2, -0.15) is 0 Å². The summed E-state index contributed by atoms with van der Waals surface area (Å²) >= 11 is 0. The number of hydrogen-bond donors (Lipinski definition) is 5. The van der Waals surface area contributed by atoms with E-state index in [0.29, 0.717) is 18.4 Å². The molecule has 13 heteroatoms. The molecule has 312 valence electrons. The normalized spacial score (nSPS) is 54.4. The first-order chi connectivity index (χ1) is 26.9. The summed E-state index contributed by atoms with van der Waals surface area (Å²) in [7, 11) is 0. The molecule has 0 radical (unpaired) electrons. The largest absolute Gasteiger partial charge is 0.458 e. The molecule has 0 amide bonds. The maximum Gasteiger partial charge on any atom is 0.331 e. The lowest BCUT2D eigenvalue weighted by Crippen LogP contribution is -2.89. The molecule has 5 aliphatic heterocycles. The second kappa shape index (κ2) is 13.1. The van der Waals surface area contributed by atoms with Crippen LogP contribution in [0.4, 0.5) is 0 Å². The number of rotatable bonds is 5. The summed E-state index contributed by atoms with van der Waals surface area (Å²) in [5, 5.41) is 63.3. The van der Waals surface area contributed by atoms with Crippen molar-refractivity contribution in [1.29, 1.82) is 0 Å². The predicted molar refractivity (Wildman–Crippen MR) is 200 cm³/mol. The molecule has 5 heterocycles. The summed E-state index contributed by atoms with van der Waals surface area (Å²) in [6, 6.07) is 9.04. The van der Waals surface area contributed by atoms with Crippen molar-refractivity contribution in [1.82, 2.24) is 0 Å². The van der Waals surface area contributed by atoms with Crippen LogP contribution in [0.5, 0.6) is 0 Å². The topological polar surface area (TPSA) is 194 Å². The zero-order chi connectivity index (χ0) is 40.7. The number of fused-ring (bicyclic) bond motifs is 3. The van der Waals surface area contributed by atoms with Crippen LogP contribution in [-0.2, 0) is 44.0 Å². The van der Waals surface area contributed by atoms with Crippen molar-refractivity contribution in [3.8, 4) is 0 Å². The van der Waals surface area contributed by atoms with E-state index < -0.39 is 107 Å². The Kier molecular flexibility index (Phi) is 9.16. The molecule has 10 rings (SSSR count). The third-order valence-corrected chi connectivity index (χ3v) is 15.8. The van der Waals surface area contributed by atoms with E-state index in [9.17, 15) is 35.1 Å². The van der Waals surface area contributed by atoms with Crippen LogP contribution < -0.4 is 0 Å². The molecular weight excluding hydrogens is 736 g/mol. The molecule has 4 saturated carbocycles. The average Bonchev–Trinajstić information content (AvgIpc) is 3.72. The van der Waals surface area contributed by atoms with Gasteiger partial charge in [0.05, 0.1) is 17.8 Å². The van der Waals surface area contributed by atoms with Crippen molar-refractivity contribution in [2.45, 2.75) is 144 Å². The zero-order valence-corrected chi connectivity index (χ0v) is 33.5. The molecule has 1 spiro atoms. The molecule has 4 saturated heterocycles. The molecule has 9 aliphatic rings. The third kappa shape index (κ3) is 5.26. The summed E-state index contributed by atoms with van der Waals surface area (Å²) in [6.07, 6.45) is 1.15. The van der Waals surface area contributed by atoms with Gasteiger partial charge in [-0.1, -0.05) is 77.1 Å². The molecule has 1 aromatic rings. The van der Waals surface area contributed by atoms with Gasteiger partial charge in [0.2, 0.25) is 0 Å². The van der Waals surface area contributed by atoms with Crippen molar-refractivity contribution in [3.05, 3.63) is 60.2 Å². The molecular formula is C44H58O13. The van der Waals surface area contributed by atoms with E-state index in [1.54, 1.807) is 31.2 Å². The van der Waals surface area contributed by atoms with Crippen molar-refractivity contribution >= 4 is 11.9 Å². The summed E-state index contributed by atoms with van der Waals surface area (Å²) < 4.78 is 39.5. The monoisotopic (exact) mass is 794 g/mol. The third-order valence-electron chi connectivity index (χ3n) is 15.8. The van der Waals surface area contributed by atoms with E-state index >= 15 is 0 Å². The SMILES string of the molecule is CC(C)CC(=O)O[C@H]1/C=C\C=C/C(=O)O[C@H]2[C@@H](C)C[C@@H]3[C@]2(O)[C@H](O)[C@@]2(CO)O[C@H]2[C@H]2[C@H]4O[C@]5(c6ccccc6)O[C@@H]([C@H](C)[C@@]23O5)[C@@]4(O)[C@](C)(O)C[C@H]2CC[C@H]1[C@H]2C. The Balaban J connectivity index is 1.22. The van der Waals surface area contributed by atoms with E-state index in [0.717, 1.165) is 0 Å². The molecule has 10 bridgehead atoms. The molecule has 8 fully saturated rings. The first-order valence-corrected chi connectivity index (χ1v) is 20.9. The number of ether oxygens (including phenoxy) is 6. The van der Waals surface area contributed by atoms with Gasteiger partial charge in [0, 0.05) is 41.7 Å². The van der Waals surface area contributed by atoms with Crippen LogP contribution in [0.15, 0.2) is 54.6 Å². The van der Waals surface area contributed by atoms with E-state index in [1.165, 1.54) is 12.2 Å². The molecule has 0 unspecified atom stereocenters. The highest BCUT2D eigenvalue weighted by Gasteiger charge is 2.91. The highest BCUT2D eigenvalue weighted by molar-refractivity contribution is 5.82. The molecule has 1 aromatic carbocycles. The lowest BCUT2D eigenvalue weighted by molar-refractivity contribution is -0.595. The average molecular weight is 795 g/mol. The van der Waals surface area contributed by atoms with Crippen LogP contribution in [0.25, 0.3) is 0 Å². The highest BCUT2D eigenvalue weighted by Crippen LogP contribution is 2.75. The van der Waals surface area contributed by atoms with Gasteiger partial charge in [-0.05, 0) is 62.4 Å². The predicted octanol–water partition coefficient (Wildman–Crippen LogP) is 3.04. The van der Waals surface area contributed by atoms with E-state index in [-0.39, 0.29) is 48.9 Å². The zero-order valence-electron chi connectivity index (χ0n) is 33.5. The fourth-order valence-electron chi connectivity index (χ4n) is 13.0. The van der Waals surface area contributed by atoms with E-state index in [1.807, 2.05) is 45.9 Å². The Bertz CT molecular complexity index is 1830. The van der Waals surface area contributed by atoms with E-state index in [4.69, 9.17) is 28.4 Å². The minimum absolute atomic E-state index is 0.0620. The Morgan fingerprint density at radius 2 is 1.68 bits per heavy atom. The summed E-state index contributed by atoms with van der Waals surface area (Å²) in [5.74, 6) is -6.33. The van der Waals surface area contributed by atoms with Crippen molar-refractivity contribution in [2.75, 3.05) is 6.61 Å². The minimum atomic E-state index is -2.21. The second-order valence-corrected chi connectivity index (χ2v) is 19.3. The lowest BCUT2D eigenvalue weighted by Gasteiger charge is -2.74. The maximum absolute atomic E-state index is 13.7. The quantitative estimate of drug-likeness (QED) is 0.216. The number of aliphatic hydroxyl groups excluding tert-OH is 2. The standard InChI is InChI=1S/C44H58O13/c1-22(2)18-32(47)52-29-14-10-11-15-31(46)53-34-23(3)19-30-41(34,50)38(48)40(21-45)36(54-40)33-37-43(51,39(6,49)20-26-16-17-28(29)24(26)4)35-25(5)42(30,33)57-44(55-35,56-37)27-12-8-7-9-13-27/h7-15,22-26,28-30,33-38,45,48-51H,16-21H2,1-6H3/b14-10-,15-11-/t23-,24-,25-,26+,28-,29-,30+,33-,34-,35-,36-,37+,38+,39+,40-,41+,42-,43-,44-/m0/s1. The van der Waals surface area contributed by atoms with Gasteiger partial charge < -0.3 is 54.0 Å².